The van der Waals surface area contributed by atoms with Crippen molar-refractivity contribution < 1.29 is 14.7 Å². The lowest BCUT2D eigenvalue weighted by molar-refractivity contribution is -0.119. The zero-order chi connectivity index (χ0) is 16.8. The second-order valence-corrected chi connectivity index (χ2v) is 4.99. The molecule has 0 spiro atoms. The fourth-order valence-corrected chi connectivity index (χ4v) is 2.14. The summed E-state index contributed by atoms with van der Waals surface area (Å²) in [6.07, 6.45) is 0.746. The number of Topliss-reactive ketones (excluding diaryl/α,β-unsaturated/α-hetero) is 1. The number of phenols is 1. The molecule has 0 aliphatic carbocycles. The van der Waals surface area contributed by atoms with Crippen LogP contribution in [0.1, 0.15) is 28.9 Å². The summed E-state index contributed by atoms with van der Waals surface area (Å²) in [4.78, 5) is 22.2. The third-order valence-electron chi connectivity index (χ3n) is 3.33. The highest BCUT2D eigenvalue weighted by Crippen LogP contribution is 2.31. The maximum absolute atomic E-state index is 11.6. The number of carbonyl (C=O) groups is 2. The van der Waals surface area contributed by atoms with Crippen LogP contribution in [-0.2, 0) is 4.79 Å². The van der Waals surface area contributed by atoms with Gasteiger partial charge in [0.2, 0.25) is 0 Å². The van der Waals surface area contributed by atoms with Crippen molar-refractivity contribution in [3.05, 3.63) is 53.6 Å². The van der Waals surface area contributed by atoms with Gasteiger partial charge in [0.15, 0.2) is 5.78 Å². The Morgan fingerprint density at radius 3 is 2.43 bits per heavy atom. The summed E-state index contributed by atoms with van der Waals surface area (Å²) in [5.74, 6) is -0.0639. The minimum atomic E-state index is -0.462. The summed E-state index contributed by atoms with van der Waals surface area (Å²) < 4.78 is 0. The average Bonchev–Trinajstić information content (AvgIpc) is 2.56. The Bertz CT molecular complexity index is 739. The van der Waals surface area contributed by atoms with Crippen molar-refractivity contribution in [1.29, 1.82) is 0 Å². The lowest BCUT2D eigenvalue weighted by Gasteiger charge is -2.13. The van der Waals surface area contributed by atoms with Gasteiger partial charge in [-0.3, -0.25) is 9.59 Å². The van der Waals surface area contributed by atoms with Gasteiger partial charge in [0.05, 0.1) is 11.7 Å². The fraction of sp³-hybridized carbons (Fsp3) is 0.176. The number of benzene rings is 2. The molecule has 0 saturated heterocycles. The molecule has 0 aliphatic rings. The molecule has 1 unspecified atom stereocenters. The molecule has 6 heteroatoms. The van der Waals surface area contributed by atoms with Crippen molar-refractivity contribution in [2.24, 2.45) is 10.2 Å². The third kappa shape index (κ3) is 4.08. The summed E-state index contributed by atoms with van der Waals surface area (Å²) in [6.45, 7) is 1.49. The number of likely N-dealkylation sites (N-methyl/N-ethyl adjacent to an activating group) is 1. The van der Waals surface area contributed by atoms with E-state index >= 15 is 0 Å². The van der Waals surface area contributed by atoms with Crippen LogP contribution in [0.5, 0.6) is 5.75 Å². The van der Waals surface area contributed by atoms with Crippen molar-refractivity contribution in [2.45, 2.75) is 13.0 Å². The summed E-state index contributed by atoms with van der Waals surface area (Å²) in [6, 6.07) is 10.9. The highest BCUT2D eigenvalue weighted by Gasteiger charge is 2.15. The summed E-state index contributed by atoms with van der Waals surface area (Å²) >= 11 is 0. The largest absolute Gasteiger partial charge is 0.506 e. The number of hydrogen-bond donors (Lipinski definition) is 2. The van der Waals surface area contributed by atoms with E-state index in [-0.39, 0.29) is 17.2 Å². The molecular weight excluding hydrogens is 294 g/mol. The van der Waals surface area contributed by atoms with Gasteiger partial charge in [-0.2, -0.15) is 5.11 Å². The quantitative estimate of drug-likeness (QED) is 0.631. The number of azo groups is 1. The molecule has 0 bridgehead atoms. The number of ketones is 1. The Labute approximate surface area is 133 Å². The Morgan fingerprint density at radius 2 is 1.87 bits per heavy atom. The van der Waals surface area contributed by atoms with E-state index in [2.05, 4.69) is 15.5 Å². The molecule has 0 aromatic heterocycles. The monoisotopic (exact) mass is 311 g/mol. The molecule has 0 aliphatic heterocycles. The van der Waals surface area contributed by atoms with Gasteiger partial charge in [0.1, 0.15) is 17.7 Å². The van der Waals surface area contributed by atoms with E-state index in [1.807, 2.05) is 0 Å². The minimum Gasteiger partial charge on any atom is -0.506 e. The fourth-order valence-electron chi connectivity index (χ4n) is 2.14. The molecule has 0 radical (unpaired) electrons. The van der Waals surface area contributed by atoms with Crippen LogP contribution in [0.3, 0.4) is 0 Å². The van der Waals surface area contributed by atoms with E-state index < -0.39 is 6.04 Å². The van der Waals surface area contributed by atoms with Crippen LogP contribution >= 0.6 is 0 Å². The number of hydrogen-bond acceptors (Lipinski definition) is 6. The molecular formula is C17H17N3O3. The van der Waals surface area contributed by atoms with Gasteiger partial charge in [0.25, 0.3) is 0 Å². The molecule has 2 rings (SSSR count). The van der Waals surface area contributed by atoms with E-state index in [1.165, 1.54) is 13.0 Å². The lowest BCUT2D eigenvalue weighted by Crippen LogP contribution is -2.23. The number of aldehydes is 1. The number of aromatic hydroxyl groups is 1. The molecule has 0 saturated carbocycles. The highest BCUT2D eigenvalue weighted by molar-refractivity contribution is 5.83. The van der Waals surface area contributed by atoms with E-state index in [4.69, 9.17) is 0 Å². The predicted octanol–water partition coefficient (Wildman–Crippen LogP) is 3.47. The number of carbonyl (C=O) groups excluding carboxylic acids is 2. The summed E-state index contributed by atoms with van der Waals surface area (Å²) in [5.41, 5.74) is 2.07. The molecule has 2 aromatic carbocycles. The van der Waals surface area contributed by atoms with Crippen LogP contribution in [-0.4, -0.2) is 24.2 Å². The highest BCUT2D eigenvalue weighted by atomic mass is 16.3. The van der Waals surface area contributed by atoms with Gasteiger partial charge in [-0.05, 0) is 55.9 Å². The SMILES string of the molecule is CNC(C(C)=O)c1ccc(O)c(N=Nc2ccc(C=O)cc2)c1. The van der Waals surface area contributed by atoms with Gasteiger partial charge in [-0.25, -0.2) is 0 Å². The van der Waals surface area contributed by atoms with Crippen LogP contribution < -0.4 is 5.32 Å². The van der Waals surface area contributed by atoms with Crippen molar-refractivity contribution in [2.75, 3.05) is 7.05 Å². The van der Waals surface area contributed by atoms with Gasteiger partial charge in [0, 0.05) is 5.56 Å². The molecule has 0 fully saturated rings. The van der Waals surface area contributed by atoms with Crippen LogP contribution in [0.4, 0.5) is 11.4 Å². The second kappa shape index (κ2) is 7.42. The van der Waals surface area contributed by atoms with Crippen molar-refractivity contribution in [3.63, 3.8) is 0 Å². The smallest absolute Gasteiger partial charge is 0.151 e. The maximum Gasteiger partial charge on any atom is 0.151 e. The van der Waals surface area contributed by atoms with Gasteiger partial charge in [-0.1, -0.05) is 6.07 Å². The average molecular weight is 311 g/mol. The molecule has 2 N–H and O–H groups in total. The van der Waals surface area contributed by atoms with Crippen LogP contribution in [0.2, 0.25) is 0 Å². The normalized spacial score (nSPS) is 12.3. The molecule has 1 atom stereocenters. The number of phenolic OH excluding ortho intramolecular Hbond substituents is 1. The molecule has 0 amide bonds. The first-order chi connectivity index (χ1) is 11.0. The van der Waals surface area contributed by atoms with Crippen LogP contribution in [0, 0.1) is 0 Å². The number of nitrogens with one attached hydrogen (secondary N) is 1. The standard InChI is InChI=1S/C17H17N3O3/c1-11(22)17(18-2)13-5-8-16(23)15(9-13)20-19-14-6-3-12(10-21)4-7-14/h3-10,17-18,23H,1-2H3. The Hall–Kier alpha value is -2.86. The van der Waals surface area contributed by atoms with E-state index in [0.717, 1.165) is 6.29 Å². The zero-order valence-corrected chi connectivity index (χ0v) is 12.9. The number of nitrogens with zero attached hydrogens (tertiary/aromatic N) is 2. The number of rotatable bonds is 6. The van der Waals surface area contributed by atoms with Gasteiger partial charge < -0.3 is 10.4 Å². The maximum atomic E-state index is 11.6. The molecule has 0 heterocycles. The first-order valence-corrected chi connectivity index (χ1v) is 7.02. The zero-order valence-electron chi connectivity index (χ0n) is 12.9. The van der Waals surface area contributed by atoms with Crippen molar-refractivity contribution in [1.82, 2.24) is 5.32 Å². The van der Waals surface area contributed by atoms with E-state index in [1.54, 1.807) is 43.4 Å². The third-order valence-corrected chi connectivity index (χ3v) is 3.33. The van der Waals surface area contributed by atoms with Crippen molar-refractivity contribution >= 4 is 23.4 Å². The Kier molecular flexibility index (Phi) is 5.32. The van der Waals surface area contributed by atoms with Gasteiger partial charge in [-0.15, -0.1) is 5.11 Å². The Balaban J connectivity index is 2.29. The minimum absolute atomic E-state index is 0.0274. The van der Waals surface area contributed by atoms with Crippen molar-refractivity contribution in [3.8, 4) is 5.75 Å². The Morgan fingerprint density at radius 1 is 1.17 bits per heavy atom. The topological polar surface area (TPSA) is 91.1 Å². The molecule has 118 valence electrons. The van der Waals surface area contributed by atoms with E-state index in [9.17, 15) is 14.7 Å². The van der Waals surface area contributed by atoms with Crippen LogP contribution in [0.15, 0.2) is 52.7 Å². The lowest BCUT2D eigenvalue weighted by atomic mass is 10.0. The predicted molar refractivity (Wildman–Crippen MR) is 86.6 cm³/mol. The summed E-state index contributed by atoms with van der Waals surface area (Å²) in [5, 5.41) is 20.8. The molecule has 23 heavy (non-hydrogen) atoms. The van der Waals surface area contributed by atoms with Gasteiger partial charge >= 0.3 is 0 Å². The molecule has 6 nitrogen and oxygen atoms in total. The summed E-state index contributed by atoms with van der Waals surface area (Å²) in [7, 11) is 1.69. The first-order valence-electron chi connectivity index (χ1n) is 7.02. The van der Waals surface area contributed by atoms with E-state index in [0.29, 0.717) is 16.8 Å². The molecule has 2 aromatic rings. The van der Waals surface area contributed by atoms with Crippen LogP contribution in [0.25, 0.3) is 0 Å². The first kappa shape index (κ1) is 16.5. The second-order valence-electron chi connectivity index (χ2n) is 4.99.